The van der Waals surface area contributed by atoms with Crippen LogP contribution in [0.3, 0.4) is 0 Å². The molecule has 6 heteroatoms. The molecule has 0 atom stereocenters. The minimum absolute atomic E-state index is 0.193. The molecule has 0 spiro atoms. The lowest BCUT2D eigenvalue weighted by Crippen LogP contribution is -2.03. The Morgan fingerprint density at radius 2 is 1.58 bits per heavy atom. The molecule has 0 aliphatic heterocycles. The Bertz CT molecular complexity index is 1430. The Kier molecular flexibility index (Phi) is 5.21. The van der Waals surface area contributed by atoms with E-state index in [9.17, 15) is 4.39 Å². The summed E-state index contributed by atoms with van der Waals surface area (Å²) in [6, 6.07) is 20.9. The molecule has 5 nitrogen and oxygen atoms in total. The molecule has 0 amide bonds. The van der Waals surface area contributed by atoms with Crippen LogP contribution in [0.1, 0.15) is 31.5 Å². The Morgan fingerprint density at radius 1 is 0.879 bits per heavy atom. The van der Waals surface area contributed by atoms with Crippen molar-refractivity contribution in [2.45, 2.75) is 33.7 Å². The van der Waals surface area contributed by atoms with Gasteiger partial charge in [-0.1, -0.05) is 6.07 Å². The van der Waals surface area contributed by atoms with Crippen molar-refractivity contribution in [2.24, 2.45) is 0 Å². The number of aryl methyl sites for hydroxylation is 2. The summed E-state index contributed by atoms with van der Waals surface area (Å²) in [6.45, 7) is 8.05. The highest BCUT2D eigenvalue weighted by Crippen LogP contribution is 2.34. The number of oxazole rings is 1. The zero-order valence-electron chi connectivity index (χ0n) is 19.1. The lowest BCUT2D eigenvalue weighted by molar-refractivity contribution is 0.534. The average Bonchev–Trinajstić information content (AvgIpc) is 3.35. The third kappa shape index (κ3) is 3.89. The van der Waals surface area contributed by atoms with Crippen LogP contribution in [0.4, 0.5) is 15.8 Å². The molecule has 0 aliphatic rings. The fourth-order valence-corrected chi connectivity index (χ4v) is 4.20. The normalized spacial score (nSPS) is 11.5. The number of halogens is 1. The quantitative estimate of drug-likeness (QED) is 0.309. The van der Waals surface area contributed by atoms with Crippen molar-refractivity contribution in [3.63, 3.8) is 0 Å². The molecule has 0 bridgehead atoms. The van der Waals surface area contributed by atoms with Gasteiger partial charge in [0.25, 0.3) is 0 Å². The number of benzene rings is 3. The highest BCUT2D eigenvalue weighted by Gasteiger charge is 2.17. The van der Waals surface area contributed by atoms with Gasteiger partial charge in [-0.25, -0.2) is 14.4 Å². The van der Waals surface area contributed by atoms with E-state index in [1.165, 1.54) is 12.1 Å². The minimum atomic E-state index is -0.257. The van der Waals surface area contributed by atoms with Gasteiger partial charge in [-0.3, -0.25) is 0 Å². The topological polar surface area (TPSA) is 55.9 Å². The van der Waals surface area contributed by atoms with Crippen LogP contribution < -0.4 is 5.32 Å². The third-order valence-corrected chi connectivity index (χ3v) is 5.67. The summed E-state index contributed by atoms with van der Waals surface area (Å²) in [6.07, 6.45) is 0. The van der Waals surface area contributed by atoms with E-state index in [0.717, 1.165) is 50.8 Å². The highest BCUT2D eigenvalue weighted by atomic mass is 19.1. The van der Waals surface area contributed by atoms with E-state index in [1.54, 1.807) is 12.1 Å². The molecule has 2 heterocycles. The number of nitrogens with one attached hydrogen (secondary N) is 1. The summed E-state index contributed by atoms with van der Waals surface area (Å²) in [5.41, 5.74) is 6.51. The zero-order valence-corrected chi connectivity index (χ0v) is 19.1. The highest BCUT2D eigenvalue weighted by molar-refractivity contribution is 5.93. The maximum Gasteiger partial charge on any atom is 0.192 e. The number of fused-ring (bicyclic) bond motifs is 1. The molecule has 2 aromatic heterocycles. The molecular formula is C27H25FN4O. The van der Waals surface area contributed by atoms with Crippen molar-refractivity contribution in [2.75, 3.05) is 5.32 Å². The van der Waals surface area contributed by atoms with Gasteiger partial charge in [0.1, 0.15) is 17.2 Å². The molecule has 166 valence electrons. The summed E-state index contributed by atoms with van der Waals surface area (Å²) in [5, 5.41) is 3.50. The molecule has 0 saturated carbocycles. The average molecular weight is 441 g/mol. The SMILES string of the molecule is Cc1nc(C)c(-c2ccc(Nc3cccc4c3nc(-c3ccc(F)cc3)n4C(C)C)cc2)o1. The summed E-state index contributed by atoms with van der Waals surface area (Å²) in [5.74, 6) is 2.02. The molecule has 0 fully saturated rings. The predicted molar refractivity (Wildman–Crippen MR) is 130 cm³/mol. The molecule has 5 aromatic rings. The Morgan fingerprint density at radius 3 is 2.21 bits per heavy atom. The third-order valence-electron chi connectivity index (χ3n) is 5.67. The van der Waals surface area contributed by atoms with Gasteiger partial charge in [0.15, 0.2) is 11.7 Å². The van der Waals surface area contributed by atoms with Crippen LogP contribution in [-0.4, -0.2) is 14.5 Å². The van der Waals surface area contributed by atoms with E-state index in [0.29, 0.717) is 5.89 Å². The van der Waals surface area contributed by atoms with Gasteiger partial charge in [0, 0.05) is 29.8 Å². The first-order valence-corrected chi connectivity index (χ1v) is 11.0. The smallest absolute Gasteiger partial charge is 0.192 e. The summed E-state index contributed by atoms with van der Waals surface area (Å²) >= 11 is 0. The molecule has 3 aromatic carbocycles. The van der Waals surface area contributed by atoms with E-state index in [4.69, 9.17) is 9.40 Å². The van der Waals surface area contributed by atoms with Crippen LogP contribution in [0.5, 0.6) is 0 Å². The molecule has 0 unspecified atom stereocenters. The van der Waals surface area contributed by atoms with Gasteiger partial charge in [-0.05, 0) is 81.4 Å². The largest absolute Gasteiger partial charge is 0.441 e. The van der Waals surface area contributed by atoms with Crippen LogP contribution >= 0.6 is 0 Å². The minimum Gasteiger partial charge on any atom is -0.441 e. The van der Waals surface area contributed by atoms with E-state index < -0.39 is 0 Å². The fraction of sp³-hybridized carbons (Fsp3) is 0.185. The van der Waals surface area contributed by atoms with Crippen molar-refractivity contribution < 1.29 is 8.81 Å². The van der Waals surface area contributed by atoms with Gasteiger partial charge >= 0.3 is 0 Å². The number of nitrogens with zero attached hydrogens (tertiary/aromatic N) is 3. The van der Waals surface area contributed by atoms with Crippen molar-refractivity contribution in [1.29, 1.82) is 0 Å². The number of aromatic nitrogens is 3. The van der Waals surface area contributed by atoms with E-state index in [-0.39, 0.29) is 11.9 Å². The number of anilines is 2. The van der Waals surface area contributed by atoms with Crippen LogP contribution in [0.2, 0.25) is 0 Å². The number of imidazole rings is 1. The molecule has 5 rings (SSSR count). The molecular weight excluding hydrogens is 415 g/mol. The monoisotopic (exact) mass is 440 g/mol. The van der Waals surface area contributed by atoms with Gasteiger partial charge in [-0.15, -0.1) is 0 Å². The van der Waals surface area contributed by atoms with Gasteiger partial charge in [0.2, 0.25) is 0 Å². The lowest BCUT2D eigenvalue weighted by atomic mass is 10.1. The maximum absolute atomic E-state index is 13.5. The summed E-state index contributed by atoms with van der Waals surface area (Å²) in [4.78, 5) is 9.32. The maximum atomic E-state index is 13.5. The number of rotatable bonds is 5. The molecule has 0 saturated heterocycles. The Labute approximate surface area is 191 Å². The Balaban J connectivity index is 1.53. The van der Waals surface area contributed by atoms with E-state index >= 15 is 0 Å². The first-order valence-electron chi connectivity index (χ1n) is 11.0. The second kappa shape index (κ2) is 8.20. The van der Waals surface area contributed by atoms with Crippen molar-refractivity contribution >= 4 is 22.4 Å². The first-order chi connectivity index (χ1) is 15.9. The second-order valence-electron chi connectivity index (χ2n) is 8.43. The molecule has 1 N–H and O–H groups in total. The molecule has 0 aliphatic carbocycles. The number of hydrogen-bond donors (Lipinski definition) is 1. The van der Waals surface area contributed by atoms with Crippen LogP contribution in [0.25, 0.3) is 33.7 Å². The van der Waals surface area contributed by atoms with Gasteiger partial charge in [-0.2, -0.15) is 0 Å². The van der Waals surface area contributed by atoms with Crippen molar-refractivity contribution in [1.82, 2.24) is 14.5 Å². The summed E-state index contributed by atoms with van der Waals surface area (Å²) < 4.78 is 21.4. The van der Waals surface area contributed by atoms with Gasteiger partial charge in [0.05, 0.1) is 16.9 Å². The lowest BCUT2D eigenvalue weighted by Gasteiger charge is -2.13. The Hall–Kier alpha value is -3.93. The van der Waals surface area contributed by atoms with E-state index in [1.807, 2.05) is 50.2 Å². The van der Waals surface area contributed by atoms with Crippen LogP contribution in [0, 0.1) is 19.7 Å². The predicted octanol–water partition coefficient (Wildman–Crippen LogP) is 7.44. The van der Waals surface area contributed by atoms with Gasteiger partial charge < -0.3 is 14.3 Å². The van der Waals surface area contributed by atoms with Crippen molar-refractivity contribution in [3.05, 3.63) is 84.1 Å². The van der Waals surface area contributed by atoms with E-state index in [2.05, 4.69) is 34.8 Å². The van der Waals surface area contributed by atoms with Crippen LogP contribution in [0.15, 0.2) is 71.1 Å². The first kappa shape index (κ1) is 20.9. The van der Waals surface area contributed by atoms with Crippen molar-refractivity contribution in [3.8, 4) is 22.7 Å². The number of hydrogen-bond acceptors (Lipinski definition) is 4. The summed E-state index contributed by atoms with van der Waals surface area (Å²) in [7, 11) is 0. The molecule has 33 heavy (non-hydrogen) atoms. The number of para-hydroxylation sites is 1. The van der Waals surface area contributed by atoms with Crippen LogP contribution in [-0.2, 0) is 0 Å². The fourth-order valence-electron chi connectivity index (χ4n) is 4.20. The second-order valence-corrected chi connectivity index (χ2v) is 8.43. The zero-order chi connectivity index (χ0) is 23.1. The standard InChI is InChI=1S/C27H25FN4O/c1-16(2)32-24-7-5-6-23(25(24)31-27(32)20-8-12-21(28)13-9-20)30-22-14-10-19(11-15-22)26-17(3)29-18(4)33-26/h5-16,30H,1-4H3. The molecule has 0 radical (unpaired) electrons.